The summed E-state index contributed by atoms with van der Waals surface area (Å²) in [5.74, 6) is 0.0107. The molecule has 8 heteroatoms. The number of methoxy groups -OCH3 is 1. The quantitative estimate of drug-likeness (QED) is 0.741. The van der Waals surface area contributed by atoms with E-state index in [0.717, 1.165) is 0 Å². The molecule has 1 N–H and O–H groups in total. The zero-order valence-electron chi connectivity index (χ0n) is 18.7. The summed E-state index contributed by atoms with van der Waals surface area (Å²) in [6.07, 6.45) is -0.239. The van der Waals surface area contributed by atoms with E-state index in [9.17, 15) is 14.4 Å². The summed E-state index contributed by atoms with van der Waals surface area (Å²) in [6, 6.07) is 6.99. The monoisotopic (exact) mass is 427 g/mol. The van der Waals surface area contributed by atoms with Gasteiger partial charge >= 0.3 is 5.97 Å². The first-order chi connectivity index (χ1) is 14.7. The number of amides is 2. The molecule has 1 aromatic heterocycles. The van der Waals surface area contributed by atoms with Crippen molar-refractivity contribution in [2.24, 2.45) is 0 Å². The lowest BCUT2D eigenvalue weighted by Gasteiger charge is -2.34. The molecule has 0 unspecified atom stereocenters. The van der Waals surface area contributed by atoms with E-state index in [1.54, 1.807) is 68.9 Å². The van der Waals surface area contributed by atoms with Crippen LogP contribution in [-0.2, 0) is 4.74 Å². The van der Waals surface area contributed by atoms with Crippen LogP contribution in [0.3, 0.4) is 0 Å². The van der Waals surface area contributed by atoms with Crippen LogP contribution in [0.15, 0.2) is 24.3 Å². The first-order valence-corrected chi connectivity index (χ1v) is 10.4. The van der Waals surface area contributed by atoms with E-state index < -0.39 is 5.97 Å². The largest absolute Gasteiger partial charge is 0.497 e. The fraction of sp³-hybridized carbons (Fsp3) is 0.435. The number of aromatic nitrogens is 1. The summed E-state index contributed by atoms with van der Waals surface area (Å²) in [4.78, 5) is 44.7. The van der Waals surface area contributed by atoms with Crippen molar-refractivity contribution in [3.05, 3.63) is 52.3 Å². The van der Waals surface area contributed by atoms with Crippen molar-refractivity contribution in [3.8, 4) is 5.75 Å². The molecule has 0 atom stereocenters. The summed E-state index contributed by atoms with van der Waals surface area (Å²) in [5, 5.41) is 0. The van der Waals surface area contributed by atoms with Gasteiger partial charge in [-0.05, 0) is 57.5 Å². The maximum absolute atomic E-state index is 13.1. The van der Waals surface area contributed by atoms with Crippen LogP contribution in [0, 0.1) is 13.8 Å². The molecule has 1 aliphatic heterocycles. The first kappa shape index (κ1) is 22.4. The lowest BCUT2D eigenvalue weighted by atomic mass is 10.1. The van der Waals surface area contributed by atoms with E-state index in [0.29, 0.717) is 60.0 Å². The number of hydrogen-bond acceptors (Lipinski definition) is 5. The summed E-state index contributed by atoms with van der Waals surface area (Å²) < 4.78 is 10.4. The Balaban J connectivity index is 1.66. The number of benzene rings is 1. The average Bonchev–Trinajstić information content (AvgIpc) is 3.06. The van der Waals surface area contributed by atoms with Crippen LogP contribution >= 0.6 is 0 Å². The predicted molar refractivity (Wildman–Crippen MR) is 116 cm³/mol. The van der Waals surface area contributed by atoms with E-state index in [-0.39, 0.29) is 17.9 Å². The van der Waals surface area contributed by atoms with Gasteiger partial charge in [-0.15, -0.1) is 0 Å². The SMILES string of the molecule is COc1ccc(C(=O)N2CCN(C(=O)c3[nH]c(C)c(C(=O)OC(C)C)c3C)CC2)cc1. The van der Waals surface area contributed by atoms with Crippen molar-refractivity contribution in [1.82, 2.24) is 14.8 Å². The molecular formula is C23H29N3O5. The Morgan fingerprint density at radius 3 is 2.00 bits per heavy atom. The van der Waals surface area contributed by atoms with Gasteiger partial charge in [-0.2, -0.15) is 0 Å². The minimum Gasteiger partial charge on any atom is -0.497 e. The number of hydrogen-bond donors (Lipinski definition) is 1. The van der Waals surface area contributed by atoms with E-state index in [1.807, 2.05) is 0 Å². The van der Waals surface area contributed by atoms with Crippen LogP contribution in [0.25, 0.3) is 0 Å². The molecule has 2 amide bonds. The number of aryl methyl sites for hydroxylation is 1. The van der Waals surface area contributed by atoms with Crippen LogP contribution in [0.1, 0.15) is 56.3 Å². The van der Waals surface area contributed by atoms with Crippen molar-refractivity contribution < 1.29 is 23.9 Å². The van der Waals surface area contributed by atoms with Crippen molar-refractivity contribution >= 4 is 17.8 Å². The average molecular weight is 428 g/mol. The third-order valence-corrected chi connectivity index (χ3v) is 5.39. The molecule has 3 rings (SSSR count). The second-order valence-electron chi connectivity index (χ2n) is 7.89. The first-order valence-electron chi connectivity index (χ1n) is 10.4. The number of nitrogens with one attached hydrogen (secondary N) is 1. The Morgan fingerprint density at radius 1 is 0.935 bits per heavy atom. The lowest BCUT2D eigenvalue weighted by molar-refractivity contribution is 0.0376. The molecular weight excluding hydrogens is 398 g/mol. The van der Waals surface area contributed by atoms with E-state index in [4.69, 9.17) is 9.47 Å². The number of nitrogens with zero attached hydrogens (tertiary/aromatic N) is 2. The van der Waals surface area contributed by atoms with Gasteiger partial charge in [0.1, 0.15) is 11.4 Å². The number of H-pyrrole nitrogens is 1. The summed E-state index contributed by atoms with van der Waals surface area (Å²) >= 11 is 0. The predicted octanol–water partition coefficient (Wildman–Crippen LogP) is 2.80. The molecule has 1 aliphatic rings. The second kappa shape index (κ2) is 9.24. The molecule has 0 radical (unpaired) electrons. The molecule has 2 heterocycles. The van der Waals surface area contributed by atoms with Crippen molar-refractivity contribution in [2.75, 3.05) is 33.3 Å². The summed E-state index contributed by atoms with van der Waals surface area (Å²) in [6.45, 7) is 8.80. The second-order valence-corrected chi connectivity index (χ2v) is 7.89. The van der Waals surface area contributed by atoms with Crippen molar-refractivity contribution in [1.29, 1.82) is 0 Å². The standard InChI is InChI=1S/C23H29N3O5/c1-14(2)31-23(29)19-15(3)20(24-16(19)4)22(28)26-12-10-25(11-13-26)21(27)17-6-8-18(30-5)9-7-17/h6-9,14,24H,10-13H2,1-5H3. The van der Waals surface area contributed by atoms with E-state index in [1.165, 1.54) is 0 Å². The van der Waals surface area contributed by atoms with Gasteiger partial charge in [0.2, 0.25) is 0 Å². The Labute approximate surface area is 182 Å². The zero-order chi connectivity index (χ0) is 22.7. The number of esters is 1. The highest BCUT2D eigenvalue weighted by molar-refractivity contribution is 6.01. The molecule has 2 aromatic rings. The van der Waals surface area contributed by atoms with Gasteiger partial charge in [-0.1, -0.05) is 0 Å². The summed E-state index contributed by atoms with van der Waals surface area (Å²) in [5.41, 5.74) is 2.59. The highest BCUT2D eigenvalue weighted by Gasteiger charge is 2.29. The Bertz CT molecular complexity index is 970. The van der Waals surface area contributed by atoms with Gasteiger partial charge in [0.15, 0.2) is 0 Å². The molecule has 166 valence electrons. The van der Waals surface area contributed by atoms with Crippen LogP contribution in [-0.4, -0.2) is 72.0 Å². The van der Waals surface area contributed by atoms with Gasteiger partial charge in [0.25, 0.3) is 11.8 Å². The van der Waals surface area contributed by atoms with E-state index >= 15 is 0 Å². The molecule has 0 spiro atoms. The Morgan fingerprint density at radius 2 is 1.48 bits per heavy atom. The molecule has 1 aromatic carbocycles. The third-order valence-electron chi connectivity index (χ3n) is 5.39. The minimum atomic E-state index is -0.435. The molecule has 31 heavy (non-hydrogen) atoms. The normalized spacial score (nSPS) is 14.0. The van der Waals surface area contributed by atoms with Crippen molar-refractivity contribution in [2.45, 2.75) is 33.8 Å². The Hall–Kier alpha value is -3.29. The van der Waals surface area contributed by atoms with Gasteiger partial charge in [0, 0.05) is 37.4 Å². The lowest BCUT2D eigenvalue weighted by Crippen LogP contribution is -2.50. The van der Waals surface area contributed by atoms with Gasteiger partial charge in [0.05, 0.1) is 18.8 Å². The molecule has 0 saturated carbocycles. The van der Waals surface area contributed by atoms with Gasteiger partial charge in [-0.3, -0.25) is 9.59 Å². The van der Waals surface area contributed by atoms with E-state index in [2.05, 4.69) is 4.98 Å². The summed E-state index contributed by atoms with van der Waals surface area (Å²) in [7, 11) is 1.58. The zero-order valence-corrected chi connectivity index (χ0v) is 18.7. The van der Waals surface area contributed by atoms with Gasteiger partial charge < -0.3 is 24.3 Å². The number of rotatable bonds is 5. The Kier molecular flexibility index (Phi) is 6.68. The molecule has 0 aliphatic carbocycles. The fourth-order valence-corrected chi connectivity index (χ4v) is 3.73. The highest BCUT2D eigenvalue weighted by Crippen LogP contribution is 2.22. The number of carbonyl (C=O) groups excluding carboxylic acids is 3. The van der Waals surface area contributed by atoms with Crippen LogP contribution in [0.4, 0.5) is 0 Å². The van der Waals surface area contributed by atoms with Crippen LogP contribution < -0.4 is 4.74 Å². The highest BCUT2D eigenvalue weighted by atomic mass is 16.5. The minimum absolute atomic E-state index is 0.0691. The number of piperazine rings is 1. The topological polar surface area (TPSA) is 91.9 Å². The maximum atomic E-state index is 13.1. The third kappa shape index (κ3) is 4.73. The van der Waals surface area contributed by atoms with Crippen molar-refractivity contribution in [3.63, 3.8) is 0 Å². The molecule has 0 bridgehead atoms. The van der Waals surface area contributed by atoms with Crippen LogP contribution in [0.2, 0.25) is 0 Å². The number of carbonyl (C=O) groups is 3. The number of aromatic amines is 1. The maximum Gasteiger partial charge on any atom is 0.340 e. The smallest absolute Gasteiger partial charge is 0.340 e. The van der Waals surface area contributed by atoms with Crippen LogP contribution in [0.5, 0.6) is 5.75 Å². The molecule has 1 saturated heterocycles. The molecule has 8 nitrogen and oxygen atoms in total. The fourth-order valence-electron chi connectivity index (χ4n) is 3.73. The van der Waals surface area contributed by atoms with Gasteiger partial charge in [-0.25, -0.2) is 4.79 Å². The molecule has 1 fully saturated rings. The number of ether oxygens (including phenoxy) is 2.